The zero-order valence-corrected chi connectivity index (χ0v) is 12.9. The highest BCUT2D eigenvalue weighted by Gasteiger charge is 2.12. The number of halogens is 3. The molecule has 2 aromatic carbocycles. The third kappa shape index (κ3) is 4.28. The van der Waals surface area contributed by atoms with Gasteiger partial charge in [-0.1, -0.05) is 35.3 Å². The zero-order valence-electron chi connectivity index (χ0n) is 11.4. The van der Waals surface area contributed by atoms with Crippen LogP contribution in [0, 0.1) is 15.9 Å². The van der Waals surface area contributed by atoms with Crippen molar-refractivity contribution in [1.29, 1.82) is 0 Å². The first kappa shape index (κ1) is 16.9. The second kappa shape index (κ2) is 7.21. The molecule has 2 aromatic rings. The topological polar surface area (TPSA) is 72.2 Å². The minimum absolute atomic E-state index is 0.278. The molecule has 0 atom stereocenters. The first-order valence-electron chi connectivity index (χ1n) is 6.25. The molecule has 5 nitrogen and oxygen atoms in total. The summed E-state index contributed by atoms with van der Waals surface area (Å²) >= 11 is 11.8. The maximum absolute atomic E-state index is 13.6. The number of anilines is 1. The zero-order chi connectivity index (χ0) is 17.0. The van der Waals surface area contributed by atoms with Crippen LogP contribution in [0.25, 0.3) is 6.08 Å². The number of rotatable bonds is 4. The SMILES string of the molecule is O=C(/C=C/c1cccc(Cl)c1Cl)Nc1cc([N+](=O)[O-])ccc1F. The number of non-ortho nitro benzene ring substituents is 1. The van der Waals surface area contributed by atoms with Crippen LogP contribution >= 0.6 is 23.2 Å². The number of nitro groups is 1. The van der Waals surface area contributed by atoms with E-state index >= 15 is 0 Å². The molecule has 0 aliphatic carbocycles. The smallest absolute Gasteiger partial charge is 0.271 e. The Balaban J connectivity index is 2.16. The number of carbonyl (C=O) groups excluding carboxylic acids is 1. The molecule has 0 bridgehead atoms. The molecule has 118 valence electrons. The van der Waals surface area contributed by atoms with E-state index in [4.69, 9.17) is 23.2 Å². The average molecular weight is 355 g/mol. The van der Waals surface area contributed by atoms with Crippen molar-refractivity contribution in [1.82, 2.24) is 0 Å². The Morgan fingerprint density at radius 3 is 2.70 bits per heavy atom. The van der Waals surface area contributed by atoms with Crippen molar-refractivity contribution in [2.24, 2.45) is 0 Å². The van der Waals surface area contributed by atoms with Crippen LogP contribution in [0.3, 0.4) is 0 Å². The number of hydrogen-bond acceptors (Lipinski definition) is 3. The van der Waals surface area contributed by atoms with Gasteiger partial charge in [-0.2, -0.15) is 0 Å². The van der Waals surface area contributed by atoms with Crippen molar-refractivity contribution in [2.45, 2.75) is 0 Å². The second-order valence-corrected chi connectivity index (χ2v) is 5.17. The van der Waals surface area contributed by atoms with Crippen LogP contribution in [0.4, 0.5) is 15.8 Å². The van der Waals surface area contributed by atoms with Gasteiger partial charge >= 0.3 is 0 Å². The minimum Gasteiger partial charge on any atom is -0.320 e. The summed E-state index contributed by atoms with van der Waals surface area (Å²) in [5, 5.41) is 13.5. The molecule has 0 saturated carbocycles. The molecule has 0 spiro atoms. The summed E-state index contributed by atoms with van der Waals surface area (Å²) in [6.45, 7) is 0. The Morgan fingerprint density at radius 1 is 1.26 bits per heavy atom. The Labute approximate surface area is 140 Å². The van der Waals surface area contributed by atoms with Crippen LogP contribution in [-0.4, -0.2) is 10.8 Å². The van der Waals surface area contributed by atoms with E-state index < -0.39 is 16.6 Å². The van der Waals surface area contributed by atoms with Crippen LogP contribution in [0.5, 0.6) is 0 Å². The summed E-state index contributed by atoms with van der Waals surface area (Å²) in [6, 6.07) is 7.75. The molecule has 0 aromatic heterocycles. The quantitative estimate of drug-likeness (QED) is 0.491. The van der Waals surface area contributed by atoms with E-state index in [0.29, 0.717) is 10.6 Å². The van der Waals surface area contributed by atoms with Crippen molar-refractivity contribution < 1.29 is 14.1 Å². The number of nitro benzene ring substituents is 1. The summed E-state index contributed by atoms with van der Waals surface area (Å²) in [5.41, 5.74) is -0.108. The van der Waals surface area contributed by atoms with E-state index in [9.17, 15) is 19.3 Å². The lowest BCUT2D eigenvalue weighted by molar-refractivity contribution is -0.384. The summed E-state index contributed by atoms with van der Waals surface area (Å²) in [7, 11) is 0. The fraction of sp³-hybridized carbons (Fsp3) is 0. The lowest BCUT2D eigenvalue weighted by Crippen LogP contribution is -2.09. The summed E-state index contributed by atoms with van der Waals surface area (Å²) < 4.78 is 13.6. The molecule has 8 heteroatoms. The van der Waals surface area contributed by atoms with Gasteiger partial charge < -0.3 is 5.32 Å². The van der Waals surface area contributed by atoms with Gasteiger partial charge in [-0.3, -0.25) is 14.9 Å². The molecule has 0 radical (unpaired) electrons. The van der Waals surface area contributed by atoms with Crippen LogP contribution in [0.2, 0.25) is 10.0 Å². The minimum atomic E-state index is -0.780. The number of nitrogens with zero attached hydrogens (tertiary/aromatic N) is 1. The molecule has 0 fully saturated rings. The van der Waals surface area contributed by atoms with E-state index in [-0.39, 0.29) is 16.4 Å². The fourth-order valence-corrected chi connectivity index (χ4v) is 2.08. The van der Waals surface area contributed by atoms with E-state index in [1.54, 1.807) is 18.2 Å². The third-order valence-electron chi connectivity index (χ3n) is 2.81. The molecule has 0 aliphatic rings. The molecular formula is C15H9Cl2FN2O3. The molecule has 1 amide bonds. The number of benzene rings is 2. The normalized spacial score (nSPS) is 10.7. The average Bonchev–Trinajstić information content (AvgIpc) is 2.50. The van der Waals surface area contributed by atoms with Gasteiger partial charge in [0.25, 0.3) is 5.69 Å². The largest absolute Gasteiger partial charge is 0.320 e. The first-order chi connectivity index (χ1) is 10.9. The summed E-state index contributed by atoms with van der Waals surface area (Å²) in [6.07, 6.45) is 2.52. The highest BCUT2D eigenvalue weighted by atomic mass is 35.5. The number of hydrogen-bond donors (Lipinski definition) is 1. The van der Waals surface area contributed by atoms with E-state index in [0.717, 1.165) is 24.3 Å². The highest BCUT2D eigenvalue weighted by molar-refractivity contribution is 6.42. The van der Waals surface area contributed by atoms with Crippen molar-refractivity contribution in [3.05, 3.63) is 74.0 Å². The third-order valence-corrected chi connectivity index (χ3v) is 3.65. The van der Waals surface area contributed by atoms with Gasteiger partial charge in [0.05, 0.1) is 20.7 Å². The Kier molecular flexibility index (Phi) is 5.31. The van der Waals surface area contributed by atoms with Gasteiger partial charge in [-0.05, 0) is 23.8 Å². The lowest BCUT2D eigenvalue weighted by Gasteiger charge is -2.04. The van der Waals surface area contributed by atoms with Gasteiger partial charge in [0, 0.05) is 18.2 Å². The van der Waals surface area contributed by atoms with E-state index in [1.807, 2.05) is 0 Å². The highest BCUT2D eigenvalue weighted by Crippen LogP contribution is 2.26. The molecule has 0 saturated heterocycles. The molecule has 23 heavy (non-hydrogen) atoms. The van der Waals surface area contributed by atoms with Crippen LogP contribution < -0.4 is 5.32 Å². The molecule has 0 unspecified atom stereocenters. The first-order valence-corrected chi connectivity index (χ1v) is 7.01. The van der Waals surface area contributed by atoms with Crippen molar-refractivity contribution in [2.75, 3.05) is 5.32 Å². The molecule has 0 heterocycles. The van der Waals surface area contributed by atoms with Crippen LogP contribution in [-0.2, 0) is 4.79 Å². The van der Waals surface area contributed by atoms with Gasteiger partial charge in [0.2, 0.25) is 5.91 Å². The molecule has 0 aliphatic heterocycles. The van der Waals surface area contributed by atoms with Crippen LogP contribution in [0.1, 0.15) is 5.56 Å². The molecule has 1 N–H and O–H groups in total. The lowest BCUT2D eigenvalue weighted by atomic mass is 10.2. The van der Waals surface area contributed by atoms with Crippen molar-refractivity contribution in [3.63, 3.8) is 0 Å². The Morgan fingerprint density at radius 2 is 2.00 bits per heavy atom. The molecule has 2 rings (SSSR count). The Hall–Kier alpha value is -2.44. The van der Waals surface area contributed by atoms with Gasteiger partial charge in [-0.15, -0.1) is 0 Å². The second-order valence-electron chi connectivity index (χ2n) is 4.39. The Bertz CT molecular complexity index is 809. The van der Waals surface area contributed by atoms with E-state index in [1.165, 1.54) is 6.08 Å². The monoisotopic (exact) mass is 354 g/mol. The van der Waals surface area contributed by atoms with Gasteiger partial charge in [0.1, 0.15) is 5.82 Å². The maximum Gasteiger partial charge on any atom is 0.271 e. The van der Waals surface area contributed by atoms with E-state index in [2.05, 4.69) is 5.32 Å². The fourth-order valence-electron chi connectivity index (χ4n) is 1.71. The van der Waals surface area contributed by atoms with Gasteiger partial charge in [-0.25, -0.2) is 4.39 Å². The predicted octanol–water partition coefficient (Wildman–Crippen LogP) is 4.69. The van der Waals surface area contributed by atoms with Crippen molar-refractivity contribution >= 4 is 46.6 Å². The van der Waals surface area contributed by atoms with Crippen LogP contribution in [0.15, 0.2) is 42.5 Å². The predicted molar refractivity (Wildman–Crippen MR) is 87.2 cm³/mol. The number of amides is 1. The molecular weight excluding hydrogens is 346 g/mol. The standard InChI is InChI=1S/C15H9Cl2FN2O3/c16-11-3-1-2-9(15(11)17)4-7-14(21)19-13-8-10(20(22)23)5-6-12(13)18/h1-8H,(H,19,21)/b7-4+. The summed E-state index contributed by atoms with van der Waals surface area (Å²) in [5.74, 6) is -1.45. The van der Waals surface area contributed by atoms with Crippen molar-refractivity contribution in [3.8, 4) is 0 Å². The number of carbonyl (C=O) groups is 1. The number of nitrogens with one attached hydrogen (secondary N) is 1. The maximum atomic E-state index is 13.6. The summed E-state index contributed by atoms with van der Waals surface area (Å²) in [4.78, 5) is 21.8. The van der Waals surface area contributed by atoms with Gasteiger partial charge in [0.15, 0.2) is 0 Å².